The van der Waals surface area contributed by atoms with Gasteiger partial charge in [-0.15, -0.1) is 0 Å². The lowest BCUT2D eigenvalue weighted by molar-refractivity contribution is -0.159. The number of aryl methyl sites for hydroxylation is 1. The van der Waals surface area contributed by atoms with E-state index in [0.717, 1.165) is 0 Å². The van der Waals surface area contributed by atoms with E-state index < -0.39 is 21.7 Å². The van der Waals surface area contributed by atoms with Gasteiger partial charge in [0.25, 0.3) is 0 Å². The minimum Gasteiger partial charge on any atom is -0.460 e. The fraction of sp³-hybridized carbons (Fsp3) is 0.150. The first-order valence-corrected chi connectivity index (χ1v) is 10.7. The van der Waals surface area contributed by atoms with Crippen LogP contribution in [0.3, 0.4) is 0 Å². The van der Waals surface area contributed by atoms with Gasteiger partial charge in [0.05, 0.1) is 9.92 Å². The molecule has 0 saturated carbocycles. The van der Waals surface area contributed by atoms with Gasteiger partial charge in [-0.3, -0.25) is 10.0 Å². The van der Waals surface area contributed by atoms with E-state index in [2.05, 4.69) is 0 Å². The molecule has 0 unspecified atom stereocenters. The maximum absolute atomic E-state index is 13.6. The molecule has 1 heterocycles. The van der Waals surface area contributed by atoms with E-state index >= 15 is 0 Å². The Morgan fingerprint density at radius 2 is 1.80 bits per heavy atom. The number of primary sulfonamides is 1. The van der Waals surface area contributed by atoms with E-state index in [-0.39, 0.29) is 22.8 Å². The summed E-state index contributed by atoms with van der Waals surface area (Å²) in [6.45, 7) is 0. The molecule has 0 aliphatic heterocycles. The number of rotatable bonds is 6. The lowest BCUT2D eigenvalue weighted by atomic mass is 10.0. The van der Waals surface area contributed by atoms with E-state index in [1.807, 2.05) is 0 Å². The highest BCUT2D eigenvalue weighted by Gasteiger charge is 2.18. The first-order valence-electron chi connectivity index (χ1n) is 8.73. The number of nitrogens with two attached hydrogens (primary N) is 1. The molecule has 0 atom stereocenters. The third kappa shape index (κ3) is 4.88. The average molecular weight is 453 g/mol. The van der Waals surface area contributed by atoms with Gasteiger partial charge in [-0.05, 0) is 42.0 Å². The molecule has 3 rings (SSSR count). The molecule has 1 amide bonds. The number of hydrogen-bond acceptors (Lipinski definition) is 5. The molecule has 0 spiro atoms. The van der Waals surface area contributed by atoms with Gasteiger partial charge < -0.3 is 4.42 Å². The molecule has 0 bridgehead atoms. The molecule has 0 aliphatic carbocycles. The zero-order valence-electron chi connectivity index (χ0n) is 15.8. The number of sulfonamides is 1. The maximum Gasteiger partial charge on any atom is 0.246 e. The summed E-state index contributed by atoms with van der Waals surface area (Å²) in [6, 6.07) is 11.7. The van der Waals surface area contributed by atoms with Crippen molar-refractivity contribution >= 4 is 27.5 Å². The molecule has 10 heteroatoms. The van der Waals surface area contributed by atoms with Gasteiger partial charge in [-0.1, -0.05) is 23.7 Å². The second-order valence-electron chi connectivity index (χ2n) is 6.57. The van der Waals surface area contributed by atoms with E-state index in [1.165, 1.54) is 37.4 Å². The van der Waals surface area contributed by atoms with Gasteiger partial charge >= 0.3 is 0 Å². The van der Waals surface area contributed by atoms with Crippen LogP contribution in [0.5, 0.6) is 0 Å². The fourth-order valence-corrected chi connectivity index (χ4v) is 3.54. The summed E-state index contributed by atoms with van der Waals surface area (Å²) < 4.78 is 42.5. The number of carbonyl (C=O) groups is 1. The second kappa shape index (κ2) is 8.57. The van der Waals surface area contributed by atoms with Crippen molar-refractivity contribution in [2.24, 2.45) is 5.14 Å². The molecule has 30 heavy (non-hydrogen) atoms. The molecule has 7 nitrogen and oxygen atoms in total. The summed E-state index contributed by atoms with van der Waals surface area (Å²) in [6.07, 6.45) is 0.217. The van der Waals surface area contributed by atoms with Crippen molar-refractivity contribution in [1.82, 2.24) is 5.06 Å². The molecule has 0 radical (unpaired) electrons. The third-order valence-electron chi connectivity index (χ3n) is 4.40. The first kappa shape index (κ1) is 22.0. The van der Waals surface area contributed by atoms with Gasteiger partial charge in [0.1, 0.15) is 17.3 Å². The van der Waals surface area contributed by atoms with Crippen LogP contribution in [0.25, 0.3) is 22.5 Å². The standard InChI is InChI=1S/C20H18ClFN2O5S/c1-24(26)19(25)9-5-14-11-16(12-2-6-15(7-3-12)30(23,27)28)20(29-14)13-4-8-18(22)17(21)10-13/h2-4,6-8,10-11,26H,5,9H2,1H3,(H2,23,27,28). The van der Waals surface area contributed by atoms with Crippen molar-refractivity contribution in [3.63, 3.8) is 0 Å². The number of benzene rings is 2. The lowest BCUT2D eigenvalue weighted by Crippen LogP contribution is -2.22. The topological polar surface area (TPSA) is 114 Å². The van der Waals surface area contributed by atoms with Gasteiger partial charge in [0, 0.05) is 31.0 Å². The quantitative estimate of drug-likeness (QED) is 0.435. The molecule has 158 valence electrons. The Bertz CT molecular complexity index is 1190. The highest BCUT2D eigenvalue weighted by molar-refractivity contribution is 7.89. The maximum atomic E-state index is 13.6. The Labute approximate surface area is 177 Å². The van der Waals surface area contributed by atoms with Crippen molar-refractivity contribution < 1.29 is 27.2 Å². The summed E-state index contributed by atoms with van der Waals surface area (Å²) in [7, 11) is -2.61. The van der Waals surface area contributed by atoms with Crippen LogP contribution in [0.1, 0.15) is 12.2 Å². The Balaban J connectivity index is 2.05. The Kier molecular flexibility index (Phi) is 6.27. The van der Waals surface area contributed by atoms with E-state index in [1.54, 1.807) is 18.2 Å². The van der Waals surface area contributed by atoms with Crippen molar-refractivity contribution in [2.75, 3.05) is 7.05 Å². The first-order chi connectivity index (χ1) is 14.1. The number of furan rings is 1. The predicted octanol–water partition coefficient (Wildman–Crippen LogP) is 3.83. The van der Waals surface area contributed by atoms with Crippen molar-refractivity contribution in [1.29, 1.82) is 0 Å². The molecule has 3 aromatic rings. The van der Waals surface area contributed by atoms with Crippen molar-refractivity contribution in [3.05, 3.63) is 65.1 Å². The SMILES string of the molecule is CN(O)C(=O)CCc1cc(-c2ccc(S(N)(=O)=O)cc2)c(-c2ccc(F)c(Cl)c2)o1. The molecule has 3 N–H and O–H groups in total. The normalized spacial score (nSPS) is 11.5. The van der Waals surface area contributed by atoms with Crippen LogP contribution in [0.4, 0.5) is 4.39 Å². The Morgan fingerprint density at radius 1 is 1.17 bits per heavy atom. The number of nitrogens with zero attached hydrogens (tertiary/aromatic N) is 1. The average Bonchev–Trinajstić information content (AvgIpc) is 3.12. The fourth-order valence-electron chi connectivity index (χ4n) is 2.85. The summed E-state index contributed by atoms with van der Waals surface area (Å²) in [5, 5.41) is 14.8. The molecular weight excluding hydrogens is 435 g/mol. The van der Waals surface area contributed by atoms with Crippen LogP contribution in [0, 0.1) is 5.82 Å². The zero-order chi connectivity index (χ0) is 22.1. The van der Waals surface area contributed by atoms with Gasteiger partial charge in [0.2, 0.25) is 15.9 Å². The van der Waals surface area contributed by atoms with Crippen LogP contribution in [0.15, 0.2) is 57.8 Å². The lowest BCUT2D eigenvalue weighted by Gasteiger charge is -2.06. The zero-order valence-corrected chi connectivity index (χ0v) is 17.4. The van der Waals surface area contributed by atoms with E-state index in [0.29, 0.717) is 33.3 Å². The highest BCUT2D eigenvalue weighted by atomic mass is 35.5. The summed E-state index contributed by atoms with van der Waals surface area (Å²) in [5.41, 5.74) is 1.72. The number of carbonyl (C=O) groups excluding carboxylic acids is 1. The molecular formula is C20H18ClFN2O5S. The van der Waals surface area contributed by atoms with Crippen LogP contribution in [-0.2, 0) is 21.2 Å². The highest BCUT2D eigenvalue weighted by Crippen LogP contribution is 2.37. The molecule has 0 fully saturated rings. The number of halogens is 2. The Morgan fingerprint density at radius 3 is 2.37 bits per heavy atom. The van der Waals surface area contributed by atoms with E-state index in [9.17, 15) is 22.8 Å². The van der Waals surface area contributed by atoms with Crippen molar-refractivity contribution in [2.45, 2.75) is 17.7 Å². The smallest absolute Gasteiger partial charge is 0.246 e. The molecule has 1 aromatic heterocycles. The summed E-state index contributed by atoms with van der Waals surface area (Å²) in [5.74, 6) is -0.245. The second-order valence-corrected chi connectivity index (χ2v) is 8.54. The summed E-state index contributed by atoms with van der Waals surface area (Å²) >= 11 is 5.90. The van der Waals surface area contributed by atoms with Crippen molar-refractivity contribution in [3.8, 4) is 22.5 Å². The largest absolute Gasteiger partial charge is 0.460 e. The Hall–Kier alpha value is -2.72. The molecule has 0 aliphatic rings. The molecule has 2 aromatic carbocycles. The minimum atomic E-state index is -3.84. The van der Waals surface area contributed by atoms with Crippen LogP contribution in [-0.4, -0.2) is 31.6 Å². The van der Waals surface area contributed by atoms with Gasteiger partial charge in [-0.25, -0.2) is 23.0 Å². The summed E-state index contributed by atoms with van der Waals surface area (Å²) in [4.78, 5) is 11.6. The minimum absolute atomic E-state index is 0.00786. The number of amides is 1. The third-order valence-corrected chi connectivity index (χ3v) is 5.62. The number of hydrogen-bond donors (Lipinski definition) is 2. The van der Waals surface area contributed by atoms with Crippen LogP contribution < -0.4 is 5.14 Å². The molecule has 0 saturated heterocycles. The monoisotopic (exact) mass is 452 g/mol. The van der Waals surface area contributed by atoms with Crippen LogP contribution in [0.2, 0.25) is 5.02 Å². The van der Waals surface area contributed by atoms with Crippen LogP contribution >= 0.6 is 11.6 Å². The predicted molar refractivity (Wildman–Crippen MR) is 109 cm³/mol. The van der Waals surface area contributed by atoms with Gasteiger partial charge in [-0.2, -0.15) is 0 Å². The number of hydroxylamine groups is 2. The van der Waals surface area contributed by atoms with E-state index in [4.69, 9.17) is 21.2 Å². The van der Waals surface area contributed by atoms with Gasteiger partial charge in [0.15, 0.2) is 0 Å².